The lowest BCUT2D eigenvalue weighted by molar-refractivity contribution is -0.115. The van der Waals surface area contributed by atoms with E-state index in [1.54, 1.807) is 18.2 Å². The van der Waals surface area contributed by atoms with Crippen molar-refractivity contribution in [1.82, 2.24) is 14.8 Å². The molecule has 32 heavy (non-hydrogen) atoms. The van der Waals surface area contributed by atoms with Gasteiger partial charge in [0.05, 0.1) is 21.0 Å². The van der Waals surface area contributed by atoms with Crippen molar-refractivity contribution in [1.29, 1.82) is 0 Å². The molecule has 1 aromatic heterocycles. The number of benzene rings is 3. The Kier molecular flexibility index (Phi) is 6.84. The number of aromatic nitrogens is 3. The minimum Gasteiger partial charge on any atom is -0.324 e. The molecular weight excluding hydrogens is 463 g/mol. The number of nitrogens with one attached hydrogen (secondary N) is 1. The van der Waals surface area contributed by atoms with Gasteiger partial charge in [-0.25, -0.2) is 0 Å². The van der Waals surface area contributed by atoms with E-state index in [2.05, 4.69) is 21.6 Å². The number of aryl methyl sites for hydroxylation is 1. The lowest BCUT2D eigenvalue weighted by Crippen LogP contribution is -2.23. The Balaban J connectivity index is 1.65. The van der Waals surface area contributed by atoms with Crippen molar-refractivity contribution in [3.05, 3.63) is 88.4 Å². The summed E-state index contributed by atoms with van der Waals surface area (Å²) in [4.78, 5) is 12.9. The summed E-state index contributed by atoms with van der Waals surface area (Å²) in [6.45, 7) is 3.85. The molecule has 0 aliphatic rings. The Hall–Kier alpha value is -2.80. The average molecular weight is 483 g/mol. The van der Waals surface area contributed by atoms with Gasteiger partial charge in [0, 0.05) is 11.3 Å². The minimum atomic E-state index is -0.456. The molecule has 1 N–H and O–H groups in total. The molecule has 1 atom stereocenters. The second-order valence-electron chi connectivity index (χ2n) is 7.20. The molecule has 0 aliphatic carbocycles. The largest absolute Gasteiger partial charge is 0.324 e. The third kappa shape index (κ3) is 4.83. The fourth-order valence-electron chi connectivity index (χ4n) is 3.17. The van der Waals surface area contributed by atoms with E-state index < -0.39 is 5.25 Å². The number of carbonyl (C=O) groups is 1. The molecule has 0 bridgehead atoms. The first kappa shape index (κ1) is 22.4. The van der Waals surface area contributed by atoms with E-state index in [9.17, 15) is 4.79 Å². The van der Waals surface area contributed by atoms with Crippen molar-refractivity contribution < 1.29 is 4.79 Å². The van der Waals surface area contributed by atoms with Gasteiger partial charge in [-0.2, -0.15) is 0 Å². The van der Waals surface area contributed by atoms with Crippen molar-refractivity contribution >= 4 is 46.6 Å². The highest BCUT2D eigenvalue weighted by molar-refractivity contribution is 8.00. The van der Waals surface area contributed by atoms with Gasteiger partial charge in [0.15, 0.2) is 11.0 Å². The lowest BCUT2D eigenvalue weighted by Gasteiger charge is -2.15. The molecule has 3 aromatic carbocycles. The Labute approximate surface area is 200 Å². The first-order valence-electron chi connectivity index (χ1n) is 9.93. The van der Waals surface area contributed by atoms with Crippen LogP contribution in [0, 0.1) is 6.92 Å². The molecular formula is C24H20Cl2N4OS. The van der Waals surface area contributed by atoms with E-state index in [1.165, 1.54) is 11.8 Å². The second-order valence-corrected chi connectivity index (χ2v) is 9.29. The van der Waals surface area contributed by atoms with Gasteiger partial charge in [-0.3, -0.25) is 9.36 Å². The van der Waals surface area contributed by atoms with Crippen LogP contribution in [0.1, 0.15) is 12.5 Å². The third-order valence-corrected chi connectivity index (χ3v) is 6.65. The maximum atomic E-state index is 12.9. The molecule has 4 aromatic rings. The smallest absolute Gasteiger partial charge is 0.237 e. The van der Waals surface area contributed by atoms with Crippen LogP contribution in [0.4, 0.5) is 5.69 Å². The summed E-state index contributed by atoms with van der Waals surface area (Å²) in [6.07, 6.45) is 0. The number of para-hydroxylation sites is 1. The fourth-order valence-corrected chi connectivity index (χ4v) is 4.39. The van der Waals surface area contributed by atoms with E-state index in [0.29, 0.717) is 26.7 Å². The molecule has 0 aliphatic heterocycles. The number of thioether (sulfide) groups is 1. The van der Waals surface area contributed by atoms with Gasteiger partial charge in [0.25, 0.3) is 0 Å². The number of carbonyl (C=O) groups excluding carboxylic acids is 1. The van der Waals surface area contributed by atoms with Gasteiger partial charge in [-0.15, -0.1) is 10.2 Å². The van der Waals surface area contributed by atoms with Crippen LogP contribution in [-0.4, -0.2) is 25.9 Å². The molecule has 5 nitrogen and oxygen atoms in total. The van der Waals surface area contributed by atoms with Gasteiger partial charge < -0.3 is 5.32 Å². The third-order valence-electron chi connectivity index (χ3n) is 4.78. The Bertz CT molecular complexity index is 1260. The first-order chi connectivity index (χ1) is 15.4. The quantitative estimate of drug-likeness (QED) is 0.311. The molecule has 1 heterocycles. The molecule has 1 unspecified atom stereocenters. The summed E-state index contributed by atoms with van der Waals surface area (Å²) in [5.41, 5.74) is 3.48. The van der Waals surface area contributed by atoms with E-state index in [-0.39, 0.29) is 5.91 Å². The average Bonchev–Trinajstić information content (AvgIpc) is 3.21. The molecule has 8 heteroatoms. The minimum absolute atomic E-state index is 0.209. The number of nitrogens with zero attached hydrogens (tertiary/aromatic N) is 3. The number of hydrogen-bond acceptors (Lipinski definition) is 4. The van der Waals surface area contributed by atoms with Crippen molar-refractivity contribution in [3.8, 4) is 17.1 Å². The summed E-state index contributed by atoms with van der Waals surface area (Å²) in [7, 11) is 0. The van der Waals surface area contributed by atoms with Gasteiger partial charge in [-0.05, 0) is 44.2 Å². The van der Waals surface area contributed by atoms with Crippen molar-refractivity contribution in [3.63, 3.8) is 0 Å². The van der Waals surface area contributed by atoms with Crippen LogP contribution in [0.3, 0.4) is 0 Å². The zero-order valence-electron chi connectivity index (χ0n) is 17.4. The van der Waals surface area contributed by atoms with Gasteiger partial charge in [0.1, 0.15) is 0 Å². The molecule has 0 spiro atoms. The van der Waals surface area contributed by atoms with Crippen molar-refractivity contribution in [2.45, 2.75) is 24.3 Å². The monoisotopic (exact) mass is 482 g/mol. The molecule has 1 amide bonds. The predicted molar refractivity (Wildman–Crippen MR) is 132 cm³/mol. The first-order valence-corrected chi connectivity index (χ1v) is 11.6. The van der Waals surface area contributed by atoms with Crippen LogP contribution >= 0.6 is 35.0 Å². The van der Waals surface area contributed by atoms with Crippen molar-refractivity contribution in [2.24, 2.45) is 0 Å². The highest BCUT2D eigenvalue weighted by Crippen LogP contribution is 2.33. The van der Waals surface area contributed by atoms with E-state index in [1.807, 2.05) is 66.9 Å². The summed E-state index contributed by atoms with van der Waals surface area (Å²) < 4.78 is 1.97. The zero-order valence-corrected chi connectivity index (χ0v) is 19.7. The number of halogens is 2. The second kappa shape index (κ2) is 9.77. The Morgan fingerprint density at radius 3 is 2.50 bits per heavy atom. The van der Waals surface area contributed by atoms with Crippen LogP contribution in [-0.2, 0) is 4.79 Å². The normalized spacial score (nSPS) is 11.9. The van der Waals surface area contributed by atoms with Crippen LogP contribution in [0.15, 0.2) is 78.0 Å². The van der Waals surface area contributed by atoms with Gasteiger partial charge in [0.2, 0.25) is 5.91 Å². The van der Waals surface area contributed by atoms with E-state index in [4.69, 9.17) is 23.2 Å². The Morgan fingerprint density at radius 2 is 1.75 bits per heavy atom. The molecule has 0 saturated carbocycles. The molecule has 4 rings (SSSR count). The maximum Gasteiger partial charge on any atom is 0.237 e. The van der Waals surface area contributed by atoms with Crippen LogP contribution in [0.25, 0.3) is 17.1 Å². The molecule has 0 fully saturated rings. The Morgan fingerprint density at radius 1 is 1.00 bits per heavy atom. The van der Waals surface area contributed by atoms with E-state index in [0.717, 1.165) is 16.8 Å². The predicted octanol–water partition coefficient (Wildman–Crippen LogP) is 6.67. The van der Waals surface area contributed by atoms with Crippen LogP contribution in [0.5, 0.6) is 0 Å². The highest BCUT2D eigenvalue weighted by Gasteiger charge is 2.22. The number of amides is 1. The summed E-state index contributed by atoms with van der Waals surface area (Å²) in [5.74, 6) is 0.506. The van der Waals surface area contributed by atoms with Crippen LogP contribution < -0.4 is 5.32 Å². The summed E-state index contributed by atoms with van der Waals surface area (Å²) in [5, 5.41) is 12.6. The zero-order chi connectivity index (χ0) is 22.7. The number of anilines is 1. The molecule has 0 saturated heterocycles. The number of rotatable bonds is 6. The van der Waals surface area contributed by atoms with E-state index >= 15 is 0 Å². The summed E-state index contributed by atoms with van der Waals surface area (Å²) in [6, 6.07) is 23.1. The van der Waals surface area contributed by atoms with Crippen LogP contribution in [0.2, 0.25) is 10.0 Å². The standard InChI is InChI=1S/C24H20Cl2N4OS/c1-15-8-6-9-17(14-15)22-28-29-24(30(22)18-10-4-3-5-11-18)32-16(2)23(31)27-20-13-7-12-19(25)21(20)26/h3-14,16H,1-2H3,(H,27,31). The SMILES string of the molecule is Cc1cccc(-c2nnc(SC(C)C(=O)Nc3cccc(Cl)c3Cl)n2-c2ccccc2)c1. The topological polar surface area (TPSA) is 59.8 Å². The lowest BCUT2D eigenvalue weighted by atomic mass is 10.1. The molecule has 162 valence electrons. The van der Waals surface area contributed by atoms with Gasteiger partial charge >= 0.3 is 0 Å². The number of hydrogen-bond donors (Lipinski definition) is 1. The summed E-state index contributed by atoms with van der Waals surface area (Å²) >= 11 is 13.6. The van der Waals surface area contributed by atoms with Gasteiger partial charge in [-0.1, -0.05) is 83.0 Å². The fraction of sp³-hybridized carbons (Fsp3) is 0.125. The maximum absolute atomic E-state index is 12.9. The molecule has 0 radical (unpaired) electrons. The highest BCUT2D eigenvalue weighted by atomic mass is 35.5. The van der Waals surface area contributed by atoms with Crippen molar-refractivity contribution in [2.75, 3.05) is 5.32 Å².